The van der Waals surface area contributed by atoms with Crippen LogP contribution in [0.15, 0.2) is 18.2 Å². The first-order valence-electron chi connectivity index (χ1n) is 4.80. The van der Waals surface area contributed by atoms with Gasteiger partial charge >= 0.3 is 6.18 Å². The van der Waals surface area contributed by atoms with E-state index in [4.69, 9.17) is 4.74 Å². The number of halogens is 3. The fourth-order valence-corrected chi connectivity index (χ4v) is 1.81. The molecule has 15 heavy (non-hydrogen) atoms. The summed E-state index contributed by atoms with van der Waals surface area (Å²) in [6.45, 7) is 2.36. The SMILES string of the molecule is CC1OCCc2ccc(C(F)(F)F)cc21. The van der Waals surface area contributed by atoms with Gasteiger partial charge in [-0.2, -0.15) is 13.2 Å². The second-order valence-electron chi connectivity index (χ2n) is 3.67. The molecule has 2 rings (SSSR count). The van der Waals surface area contributed by atoms with Gasteiger partial charge in [-0.3, -0.25) is 0 Å². The summed E-state index contributed by atoms with van der Waals surface area (Å²) in [6.07, 6.45) is -3.82. The Hall–Kier alpha value is -1.03. The normalized spacial score (nSPS) is 21.2. The zero-order valence-electron chi connectivity index (χ0n) is 8.27. The molecular formula is C11H11F3O. The molecule has 1 aromatic carbocycles. The van der Waals surface area contributed by atoms with Gasteiger partial charge in [0.1, 0.15) is 0 Å². The molecule has 0 fully saturated rings. The van der Waals surface area contributed by atoms with Crippen molar-refractivity contribution in [2.24, 2.45) is 0 Å². The molecule has 1 aromatic rings. The Morgan fingerprint density at radius 1 is 1.33 bits per heavy atom. The number of alkyl halides is 3. The van der Waals surface area contributed by atoms with E-state index in [2.05, 4.69) is 0 Å². The highest BCUT2D eigenvalue weighted by atomic mass is 19.4. The lowest BCUT2D eigenvalue weighted by Gasteiger charge is -2.24. The van der Waals surface area contributed by atoms with Crippen LogP contribution in [0.5, 0.6) is 0 Å². The maximum atomic E-state index is 12.4. The van der Waals surface area contributed by atoms with Crippen LogP contribution < -0.4 is 0 Å². The van der Waals surface area contributed by atoms with E-state index in [1.54, 1.807) is 13.0 Å². The van der Waals surface area contributed by atoms with E-state index in [9.17, 15) is 13.2 Å². The molecule has 0 radical (unpaired) electrons. The van der Waals surface area contributed by atoms with E-state index in [0.717, 1.165) is 11.6 Å². The number of hydrogen-bond donors (Lipinski definition) is 0. The minimum atomic E-state index is -4.27. The molecule has 0 aliphatic carbocycles. The lowest BCUT2D eigenvalue weighted by atomic mass is 9.96. The Bertz CT molecular complexity index is 371. The number of ether oxygens (including phenoxy) is 1. The Kier molecular flexibility index (Phi) is 2.46. The second kappa shape index (κ2) is 3.52. The smallest absolute Gasteiger partial charge is 0.373 e. The van der Waals surface area contributed by atoms with Crippen LogP contribution in [0, 0.1) is 0 Å². The van der Waals surface area contributed by atoms with Crippen LogP contribution >= 0.6 is 0 Å². The first-order chi connectivity index (χ1) is 6.98. The summed E-state index contributed by atoms with van der Waals surface area (Å²) in [5, 5.41) is 0. The molecule has 0 saturated carbocycles. The third-order valence-corrected chi connectivity index (χ3v) is 2.65. The Balaban J connectivity index is 2.44. The molecule has 0 spiro atoms. The van der Waals surface area contributed by atoms with Crippen molar-refractivity contribution in [3.05, 3.63) is 34.9 Å². The molecule has 0 saturated heterocycles. The molecule has 4 heteroatoms. The molecule has 0 N–H and O–H groups in total. The summed E-state index contributed by atoms with van der Waals surface area (Å²) in [6, 6.07) is 3.88. The summed E-state index contributed by atoms with van der Waals surface area (Å²) < 4.78 is 42.6. The molecule has 1 unspecified atom stereocenters. The van der Waals surface area contributed by atoms with E-state index in [-0.39, 0.29) is 6.10 Å². The lowest BCUT2D eigenvalue weighted by Crippen LogP contribution is -2.16. The monoisotopic (exact) mass is 216 g/mol. The van der Waals surface area contributed by atoms with Gasteiger partial charge in [0.25, 0.3) is 0 Å². The topological polar surface area (TPSA) is 9.23 Å². The number of rotatable bonds is 0. The number of benzene rings is 1. The van der Waals surface area contributed by atoms with Gasteiger partial charge in [-0.1, -0.05) is 6.07 Å². The summed E-state index contributed by atoms with van der Waals surface area (Å²) in [5.41, 5.74) is 1.02. The molecule has 0 amide bonds. The van der Waals surface area contributed by atoms with Crippen LogP contribution in [0.25, 0.3) is 0 Å². The third kappa shape index (κ3) is 2.00. The minimum absolute atomic E-state index is 0.240. The average Bonchev–Trinajstić information content (AvgIpc) is 2.16. The summed E-state index contributed by atoms with van der Waals surface area (Å²) in [7, 11) is 0. The molecule has 1 heterocycles. The van der Waals surface area contributed by atoms with Crippen molar-refractivity contribution in [1.82, 2.24) is 0 Å². The van der Waals surface area contributed by atoms with Crippen molar-refractivity contribution in [3.63, 3.8) is 0 Å². The van der Waals surface area contributed by atoms with Gasteiger partial charge in [-0.25, -0.2) is 0 Å². The van der Waals surface area contributed by atoms with E-state index < -0.39 is 11.7 Å². The van der Waals surface area contributed by atoms with Crippen molar-refractivity contribution in [2.75, 3.05) is 6.61 Å². The fourth-order valence-electron chi connectivity index (χ4n) is 1.81. The quantitative estimate of drug-likeness (QED) is 0.646. The van der Waals surface area contributed by atoms with Crippen molar-refractivity contribution in [2.45, 2.75) is 25.6 Å². The lowest BCUT2D eigenvalue weighted by molar-refractivity contribution is -0.137. The first-order valence-corrected chi connectivity index (χ1v) is 4.80. The molecule has 0 bridgehead atoms. The van der Waals surface area contributed by atoms with Gasteiger partial charge in [-0.15, -0.1) is 0 Å². The maximum absolute atomic E-state index is 12.4. The molecule has 1 nitrogen and oxygen atoms in total. The number of fused-ring (bicyclic) bond motifs is 1. The zero-order chi connectivity index (χ0) is 11.1. The van der Waals surface area contributed by atoms with E-state index in [0.29, 0.717) is 18.6 Å². The predicted molar refractivity (Wildman–Crippen MR) is 49.5 cm³/mol. The summed E-state index contributed by atoms with van der Waals surface area (Å²) in [4.78, 5) is 0. The van der Waals surface area contributed by atoms with E-state index in [1.807, 2.05) is 0 Å². The van der Waals surface area contributed by atoms with Crippen LogP contribution in [-0.4, -0.2) is 6.61 Å². The van der Waals surface area contributed by atoms with Crippen molar-refractivity contribution >= 4 is 0 Å². The molecule has 82 valence electrons. The molecule has 0 aromatic heterocycles. The van der Waals surface area contributed by atoms with Gasteiger partial charge in [0.2, 0.25) is 0 Å². The highest BCUT2D eigenvalue weighted by Gasteiger charge is 2.32. The molecule has 1 aliphatic heterocycles. The van der Waals surface area contributed by atoms with Crippen LogP contribution in [-0.2, 0) is 17.3 Å². The van der Waals surface area contributed by atoms with Crippen LogP contribution in [0.1, 0.15) is 29.7 Å². The van der Waals surface area contributed by atoms with Gasteiger partial charge in [-0.05, 0) is 36.6 Å². The fraction of sp³-hybridized carbons (Fsp3) is 0.455. The zero-order valence-corrected chi connectivity index (χ0v) is 8.27. The van der Waals surface area contributed by atoms with Gasteiger partial charge in [0, 0.05) is 0 Å². The standard InChI is InChI=1S/C11H11F3O/c1-7-10-6-9(11(12,13)14)3-2-8(10)4-5-15-7/h2-3,6-7H,4-5H2,1H3. The predicted octanol–water partition coefficient (Wildman–Crippen LogP) is 3.34. The van der Waals surface area contributed by atoms with Gasteiger partial charge in [0.05, 0.1) is 18.3 Å². The van der Waals surface area contributed by atoms with Gasteiger partial charge in [0.15, 0.2) is 0 Å². The highest BCUT2D eigenvalue weighted by Crippen LogP contribution is 2.34. The average molecular weight is 216 g/mol. The molecular weight excluding hydrogens is 205 g/mol. The second-order valence-corrected chi connectivity index (χ2v) is 3.67. The summed E-state index contributed by atoms with van der Waals surface area (Å²) >= 11 is 0. The van der Waals surface area contributed by atoms with Crippen LogP contribution in [0.4, 0.5) is 13.2 Å². The number of hydrogen-bond acceptors (Lipinski definition) is 1. The third-order valence-electron chi connectivity index (χ3n) is 2.65. The Morgan fingerprint density at radius 3 is 2.73 bits per heavy atom. The van der Waals surface area contributed by atoms with Crippen molar-refractivity contribution in [1.29, 1.82) is 0 Å². The largest absolute Gasteiger partial charge is 0.416 e. The Labute approximate surface area is 85.9 Å². The van der Waals surface area contributed by atoms with Crippen LogP contribution in [0.2, 0.25) is 0 Å². The first kappa shape index (κ1) is 10.5. The van der Waals surface area contributed by atoms with E-state index >= 15 is 0 Å². The van der Waals surface area contributed by atoms with Crippen molar-refractivity contribution in [3.8, 4) is 0 Å². The van der Waals surface area contributed by atoms with Crippen molar-refractivity contribution < 1.29 is 17.9 Å². The maximum Gasteiger partial charge on any atom is 0.416 e. The summed E-state index contributed by atoms with van der Waals surface area (Å²) in [5.74, 6) is 0. The minimum Gasteiger partial charge on any atom is -0.373 e. The van der Waals surface area contributed by atoms with Gasteiger partial charge < -0.3 is 4.74 Å². The molecule has 1 aliphatic rings. The van der Waals surface area contributed by atoms with Crippen LogP contribution in [0.3, 0.4) is 0 Å². The van der Waals surface area contributed by atoms with E-state index in [1.165, 1.54) is 6.07 Å². The highest BCUT2D eigenvalue weighted by molar-refractivity contribution is 5.36. The molecule has 1 atom stereocenters. The Morgan fingerprint density at radius 2 is 2.07 bits per heavy atom.